The van der Waals surface area contributed by atoms with Crippen molar-refractivity contribution >= 4 is 0 Å². The number of aromatic amines is 1. The molecule has 1 N–H and O–H groups in total. The molecule has 1 aliphatic carbocycles. The largest absolute Gasteiger partial charge is 0.376 e. The summed E-state index contributed by atoms with van der Waals surface area (Å²) in [6, 6.07) is 0. The summed E-state index contributed by atoms with van der Waals surface area (Å²) in [5.41, 5.74) is 2.13. The lowest BCUT2D eigenvalue weighted by Gasteiger charge is -2.34. The van der Waals surface area contributed by atoms with Crippen molar-refractivity contribution in [1.29, 1.82) is 0 Å². The second-order valence-electron chi connectivity index (χ2n) is 6.62. The van der Waals surface area contributed by atoms with Crippen LogP contribution in [0.15, 0.2) is 4.79 Å². The van der Waals surface area contributed by atoms with Gasteiger partial charge in [0.1, 0.15) is 5.82 Å². The van der Waals surface area contributed by atoms with Crippen LogP contribution in [0.25, 0.3) is 0 Å². The molecule has 1 aromatic rings. The molecule has 0 saturated heterocycles. The van der Waals surface area contributed by atoms with Crippen LogP contribution in [0.2, 0.25) is 0 Å². The first-order chi connectivity index (χ1) is 9.05. The first-order valence-corrected chi connectivity index (χ1v) is 7.25. The molecule has 19 heavy (non-hydrogen) atoms. The van der Waals surface area contributed by atoms with Gasteiger partial charge in [0.2, 0.25) is 0 Å². The van der Waals surface area contributed by atoms with E-state index in [4.69, 9.17) is 9.72 Å². The van der Waals surface area contributed by atoms with Crippen molar-refractivity contribution in [3.8, 4) is 0 Å². The third-order valence-electron chi connectivity index (χ3n) is 4.57. The number of rotatable bonds is 1. The van der Waals surface area contributed by atoms with E-state index in [1.807, 2.05) is 0 Å². The minimum absolute atomic E-state index is 0.00420. The van der Waals surface area contributed by atoms with Gasteiger partial charge in [0.15, 0.2) is 0 Å². The van der Waals surface area contributed by atoms with Crippen LogP contribution in [0.5, 0.6) is 0 Å². The molecule has 2 aliphatic rings. The van der Waals surface area contributed by atoms with Crippen LogP contribution < -0.4 is 5.56 Å². The lowest BCUT2D eigenvalue weighted by molar-refractivity contribution is 0.107. The van der Waals surface area contributed by atoms with Crippen molar-refractivity contribution in [1.82, 2.24) is 9.97 Å². The molecular formula is C15H22N2O2. The van der Waals surface area contributed by atoms with Crippen LogP contribution in [0, 0.1) is 5.41 Å². The van der Waals surface area contributed by atoms with Crippen molar-refractivity contribution in [2.45, 2.75) is 58.5 Å². The van der Waals surface area contributed by atoms with Crippen LogP contribution in [-0.2, 0) is 17.8 Å². The average molecular weight is 262 g/mol. The van der Waals surface area contributed by atoms with Crippen LogP contribution in [0.4, 0.5) is 0 Å². The van der Waals surface area contributed by atoms with E-state index in [1.165, 1.54) is 12.8 Å². The molecule has 0 radical (unpaired) electrons. The van der Waals surface area contributed by atoms with Gasteiger partial charge in [-0.1, -0.05) is 13.8 Å². The first kappa shape index (κ1) is 12.9. The standard InChI is InChI=1S/C15H22N2O2/c1-15(2)6-3-10(4-7-15)13-16-12-5-8-19-9-11(12)14(18)17-13/h10H,3-9H2,1-2H3,(H,16,17,18). The zero-order chi connectivity index (χ0) is 13.5. The van der Waals surface area contributed by atoms with E-state index in [0.717, 1.165) is 36.3 Å². The third kappa shape index (κ3) is 2.59. The zero-order valence-electron chi connectivity index (χ0n) is 11.8. The number of H-pyrrole nitrogens is 1. The maximum Gasteiger partial charge on any atom is 0.256 e. The highest BCUT2D eigenvalue weighted by Crippen LogP contribution is 2.41. The summed E-state index contributed by atoms with van der Waals surface area (Å²) in [5.74, 6) is 1.33. The van der Waals surface area contributed by atoms with Crippen molar-refractivity contribution in [2.24, 2.45) is 5.41 Å². The summed E-state index contributed by atoms with van der Waals surface area (Å²) < 4.78 is 5.33. The smallest absolute Gasteiger partial charge is 0.256 e. The van der Waals surface area contributed by atoms with Crippen LogP contribution in [0.1, 0.15) is 62.5 Å². The van der Waals surface area contributed by atoms with Gasteiger partial charge in [0.25, 0.3) is 5.56 Å². The Labute approximate surface area is 113 Å². The molecule has 1 aromatic heterocycles. The van der Waals surface area contributed by atoms with Crippen LogP contribution in [-0.4, -0.2) is 16.6 Å². The summed E-state index contributed by atoms with van der Waals surface area (Å²) in [6.07, 6.45) is 5.45. The Morgan fingerprint density at radius 1 is 1.32 bits per heavy atom. The fourth-order valence-corrected chi connectivity index (χ4v) is 3.13. The van der Waals surface area contributed by atoms with Crippen molar-refractivity contribution in [3.05, 3.63) is 27.4 Å². The molecule has 0 bridgehead atoms. The van der Waals surface area contributed by atoms with E-state index in [-0.39, 0.29) is 5.56 Å². The second kappa shape index (κ2) is 4.75. The predicted molar refractivity (Wildman–Crippen MR) is 73.2 cm³/mol. The Morgan fingerprint density at radius 2 is 2.05 bits per heavy atom. The van der Waals surface area contributed by atoms with E-state index in [1.54, 1.807) is 0 Å². The lowest BCUT2D eigenvalue weighted by atomic mass is 9.73. The monoisotopic (exact) mass is 262 g/mol. The van der Waals surface area contributed by atoms with Gasteiger partial charge in [-0.2, -0.15) is 0 Å². The van der Waals surface area contributed by atoms with Crippen LogP contribution in [0.3, 0.4) is 0 Å². The van der Waals surface area contributed by atoms with Gasteiger partial charge in [-0.15, -0.1) is 0 Å². The molecule has 4 nitrogen and oxygen atoms in total. The molecule has 0 aromatic carbocycles. The predicted octanol–water partition coefficient (Wildman–Crippen LogP) is 2.53. The second-order valence-corrected chi connectivity index (χ2v) is 6.62. The van der Waals surface area contributed by atoms with E-state index in [2.05, 4.69) is 18.8 Å². The number of fused-ring (bicyclic) bond motifs is 1. The number of aromatic nitrogens is 2. The third-order valence-corrected chi connectivity index (χ3v) is 4.57. The Kier molecular flexibility index (Phi) is 3.21. The summed E-state index contributed by atoms with van der Waals surface area (Å²) in [6.45, 7) is 5.74. The number of nitrogens with zero attached hydrogens (tertiary/aromatic N) is 1. The quantitative estimate of drug-likeness (QED) is 0.846. The summed E-state index contributed by atoms with van der Waals surface area (Å²) in [4.78, 5) is 19.8. The van der Waals surface area contributed by atoms with E-state index < -0.39 is 0 Å². The van der Waals surface area contributed by atoms with Gasteiger partial charge in [-0.25, -0.2) is 4.98 Å². The number of hydrogen-bond donors (Lipinski definition) is 1. The Bertz CT molecular complexity index is 523. The molecule has 0 unspecified atom stereocenters. The molecule has 3 rings (SSSR count). The fourth-order valence-electron chi connectivity index (χ4n) is 3.13. The SMILES string of the molecule is CC1(C)CCC(c2nc3c(c(=O)[nH]2)COCC3)CC1. The Balaban J connectivity index is 1.86. The van der Waals surface area contributed by atoms with E-state index in [0.29, 0.717) is 24.5 Å². The highest BCUT2D eigenvalue weighted by atomic mass is 16.5. The Morgan fingerprint density at radius 3 is 2.79 bits per heavy atom. The molecule has 1 fully saturated rings. The summed E-state index contributed by atoms with van der Waals surface area (Å²) in [7, 11) is 0. The highest BCUT2D eigenvalue weighted by Gasteiger charge is 2.29. The number of ether oxygens (including phenoxy) is 1. The number of nitrogens with one attached hydrogen (secondary N) is 1. The van der Waals surface area contributed by atoms with Gasteiger partial charge in [-0.3, -0.25) is 4.79 Å². The van der Waals surface area contributed by atoms with Gasteiger partial charge in [0.05, 0.1) is 24.5 Å². The molecule has 0 atom stereocenters. The Hall–Kier alpha value is -1.16. The maximum atomic E-state index is 12.1. The molecule has 0 amide bonds. The van der Waals surface area contributed by atoms with Gasteiger partial charge in [0, 0.05) is 12.3 Å². The number of hydrogen-bond acceptors (Lipinski definition) is 3. The van der Waals surface area contributed by atoms with Crippen LogP contribution >= 0.6 is 0 Å². The molecule has 2 heterocycles. The minimum atomic E-state index is 0.00420. The topological polar surface area (TPSA) is 55.0 Å². The average Bonchev–Trinajstić information content (AvgIpc) is 2.38. The van der Waals surface area contributed by atoms with Crippen molar-refractivity contribution in [3.63, 3.8) is 0 Å². The fraction of sp³-hybridized carbons (Fsp3) is 0.733. The highest BCUT2D eigenvalue weighted by molar-refractivity contribution is 5.20. The van der Waals surface area contributed by atoms with Crippen molar-refractivity contribution < 1.29 is 4.74 Å². The molecule has 0 spiro atoms. The lowest BCUT2D eigenvalue weighted by Crippen LogP contribution is -2.28. The summed E-state index contributed by atoms with van der Waals surface area (Å²) >= 11 is 0. The maximum absolute atomic E-state index is 12.1. The van der Waals surface area contributed by atoms with Crippen molar-refractivity contribution in [2.75, 3.05) is 6.61 Å². The van der Waals surface area contributed by atoms with Gasteiger partial charge < -0.3 is 9.72 Å². The normalized spacial score (nSPS) is 23.1. The van der Waals surface area contributed by atoms with Gasteiger partial charge >= 0.3 is 0 Å². The molecular weight excluding hydrogens is 240 g/mol. The minimum Gasteiger partial charge on any atom is -0.376 e. The summed E-state index contributed by atoms with van der Waals surface area (Å²) in [5, 5.41) is 0. The first-order valence-electron chi connectivity index (χ1n) is 7.25. The molecule has 1 aliphatic heterocycles. The zero-order valence-corrected chi connectivity index (χ0v) is 11.8. The molecule has 4 heteroatoms. The van der Waals surface area contributed by atoms with Gasteiger partial charge in [-0.05, 0) is 31.1 Å². The van der Waals surface area contributed by atoms with E-state index >= 15 is 0 Å². The molecule has 104 valence electrons. The van der Waals surface area contributed by atoms with E-state index in [9.17, 15) is 4.79 Å². The molecule has 1 saturated carbocycles.